The van der Waals surface area contributed by atoms with Gasteiger partial charge in [-0.05, 0) is 63.9 Å². The Morgan fingerprint density at radius 2 is 0.976 bits per heavy atom. The van der Waals surface area contributed by atoms with Crippen LogP contribution in [0, 0.1) is 0 Å². The van der Waals surface area contributed by atoms with Gasteiger partial charge in [0.15, 0.2) is 0 Å². The molecule has 8 rings (SSSR count). The van der Waals surface area contributed by atoms with Crippen molar-refractivity contribution < 1.29 is 4.42 Å². The molecule has 0 aliphatic rings. The summed E-state index contributed by atoms with van der Waals surface area (Å²) in [6.07, 6.45) is 0. The molecular weight excluding hydrogens is 510 g/mol. The molecule has 0 aliphatic heterocycles. The number of benzene rings is 7. The van der Waals surface area contributed by atoms with Gasteiger partial charge in [-0.2, -0.15) is 0 Å². The molecule has 0 bridgehead atoms. The van der Waals surface area contributed by atoms with Gasteiger partial charge in [-0.15, -0.1) is 0 Å². The molecule has 198 valence electrons. The second kappa shape index (κ2) is 10.1. The highest BCUT2D eigenvalue weighted by molar-refractivity contribution is 6.22. The minimum absolute atomic E-state index is 0.871. The molecule has 0 atom stereocenters. The minimum atomic E-state index is 0.871. The molecular formula is C40H27NO. The maximum Gasteiger partial charge on any atom is 0.137 e. The van der Waals surface area contributed by atoms with Crippen LogP contribution >= 0.6 is 0 Å². The average molecular weight is 538 g/mol. The summed E-state index contributed by atoms with van der Waals surface area (Å²) >= 11 is 0. The molecule has 1 heterocycles. The van der Waals surface area contributed by atoms with E-state index in [0.29, 0.717) is 0 Å². The van der Waals surface area contributed by atoms with E-state index in [1.54, 1.807) is 0 Å². The minimum Gasteiger partial charge on any atom is -0.456 e. The third-order valence-corrected chi connectivity index (χ3v) is 8.05. The first-order chi connectivity index (χ1) is 20.8. The Hall–Kier alpha value is -5.60. The molecule has 2 nitrogen and oxygen atoms in total. The maximum atomic E-state index is 6.67. The van der Waals surface area contributed by atoms with Crippen LogP contribution in [-0.4, -0.2) is 0 Å². The van der Waals surface area contributed by atoms with Gasteiger partial charge < -0.3 is 9.32 Å². The maximum absolute atomic E-state index is 6.67. The van der Waals surface area contributed by atoms with E-state index in [1.807, 2.05) is 0 Å². The van der Waals surface area contributed by atoms with Crippen molar-refractivity contribution in [3.05, 3.63) is 164 Å². The quantitative estimate of drug-likeness (QED) is 0.217. The van der Waals surface area contributed by atoms with Gasteiger partial charge in [0.25, 0.3) is 0 Å². The number of fused-ring (bicyclic) bond motifs is 5. The van der Waals surface area contributed by atoms with Gasteiger partial charge in [-0.3, -0.25) is 0 Å². The summed E-state index contributed by atoms with van der Waals surface area (Å²) in [4.78, 5) is 2.32. The molecule has 8 aromatic rings. The number of hydrogen-bond acceptors (Lipinski definition) is 2. The average Bonchev–Trinajstić information content (AvgIpc) is 3.44. The molecule has 7 aromatic carbocycles. The van der Waals surface area contributed by atoms with Crippen molar-refractivity contribution in [3.63, 3.8) is 0 Å². The number of hydrogen-bond donors (Lipinski definition) is 0. The summed E-state index contributed by atoms with van der Waals surface area (Å²) in [5.41, 5.74) is 9.74. The van der Waals surface area contributed by atoms with Crippen LogP contribution in [-0.2, 0) is 0 Å². The van der Waals surface area contributed by atoms with Gasteiger partial charge in [0.2, 0.25) is 0 Å². The third-order valence-electron chi connectivity index (χ3n) is 8.05. The zero-order chi connectivity index (χ0) is 27.9. The van der Waals surface area contributed by atoms with Gasteiger partial charge in [0, 0.05) is 33.8 Å². The van der Waals surface area contributed by atoms with Gasteiger partial charge >= 0.3 is 0 Å². The van der Waals surface area contributed by atoms with Crippen LogP contribution in [0.15, 0.2) is 168 Å². The van der Waals surface area contributed by atoms with Crippen LogP contribution in [0.5, 0.6) is 0 Å². The molecule has 0 fully saturated rings. The summed E-state index contributed by atoms with van der Waals surface area (Å²) in [5, 5.41) is 4.71. The molecule has 0 unspecified atom stereocenters. The molecule has 0 saturated heterocycles. The highest BCUT2D eigenvalue weighted by Crippen LogP contribution is 2.44. The molecule has 2 heteroatoms. The first-order valence-electron chi connectivity index (χ1n) is 14.3. The highest BCUT2D eigenvalue weighted by atomic mass is 16.3. The van der Waals surface area contributed by atoms with E-state index in [4.69, 9.17) is 4.42 Å². The lowest BCUT2D eigenvalue weighted by Crippen LogP contribution is -2.11. The van der Waals surface area contributed by atoms with Gasteiger partial charge in [-0.1, -0.05) is 121 Å². The SMILES string of the molecule is c1ccc(-c2ccccc2N(c2ccccc2)c2ccc3c(c2)oc2cc(-c4ccccc4)c4ccccc4c23)cc1. The Morgan fingerprint density at radius 1 is 0.381 bits per heavy atom. The monoisotopic (exact) mass is 537 g/mol. The van der Waals surface area contributed by atoms with E-state index in [2.05, 4.69) is 169 Å². The number of anilines is 3. The fourth-order valence-corrected chi connectivity index (χ4v) is 6.16. The van der Waals surface area contributed by atoms with Crippen molar-refractivity contribution in [1.29, 1.82) is 0 Å². The van der Waals surface area contributed by atoms with Crippen molar-refractivity contribution in [3.8, 4) is 22.3 Å². The van der Waals surface area contributed by atoms with Gasteiger partial charge in [0.05, 0.1) is 5.69 Å². The number of rotatable bonds is 5. The molecule has 0 amide bonds. The largest absolute Gasteiger partial charge is 0.456 e. The third kappa shape index (κ3) is 4.05. The molecule has 0 spiro atoms. The lowest BCUT2D eigenvalue weighted by Gasteiger charge is -2.27. The first kappa shape index (κ1) is 24.2. The lowest BCUT2D eigenvalue weighted by molar-refractivity contribution is 0.669. The molecule has 1 aromatic heterocycles. The van der Waals surface area contributed by atoms with E-state index in [1.165, 1.54) is 33.0 Å². The normalized spacial score (nSPS) is 11.3. The summed E-state index contributed by atoms with van der Waals surface area (Å²) in [6, 6.07) is 57.7. The summed E-state index contributed by atoms with van der Waals surface area (Å²) < 4.78 is 6.67. The number of para-hydroxylation sites is 2. The Labute approximate surface area is 244 Å². The van der Waals surface area contributed by atoms with Crippen molar-refractivity contribution >= 4 is 49.8 Å². The number of furan rings is 1. The first-order valence-corrected chi connectivity index (χ1v) is 14.3. The van der Waals surface area contributed by atoms with Crippen molar-refractivity contribution in [1.82, 2.24) is 0 Å². The fraction of sp³-hybridized carbons (Fsp3) is 0. The van der Waals surface area contributed by atoms with Crippen molar-refractivity contribution in [2.75, 3.05) is 4.90 Å². The standard InChI is InChI=1S/C40H27NO/c1-4-14-28(15-5-1)32-20-12-13-23-37(32)41(30-18-8-3-9-19-30)31-24-25-35-38(26-31)42-39-27-36(29-16-6-2-7-17-29)33-21-10-11-22-34(33)40(35)39/h1-27H. The summed E-state index contributed by atoms with van der Waals surface area (Å²) in [7, 11) is 0. The number of nitrogens with zero attached hydrogens (tertiary/aromatic N) is 1. The van der Waals surface area contributed by atoms with Gasteiger partial charge in [0.1, 0.15) is 11.2 Å². The highest BCUT2D eigenvalue weighted by Gasteiger charge is 2.20. The van der Waals surface area contributed by atoms with Crippen LogP contribution in [0.1, 0.15) is 0 Å². The zero-order valence-corrected chi connectivity index (χ0v) is 22.9. The van der Waals surface area contributed by atoms with Crippen LogP contribution in [0.4, 0.5) is 17.1 Å². The fourth-order valence-electron chi connectivity index (χ4n) is 6.16. The van der Waals surface area contributed by atoms with E-state index in [-0.39, 0.29) is 0 Å². The van der Waals surface area contributed by atoms with E-state index < -0.39 is 0 Å². The van der Waals surface area contributed by atoms with Crippen LogP contribution in [0.3, 0.4) is 0 Å². The Bertz CT molecular complexity index is 2180. The summed E-state index contributed by atoms with van der Waals surface area (Å²) in [5.74, 6) is 0. The second-order valence-corrected chi connectivity index (χ2v) is 10.5. The second-order valence-electron chi connectivity index (χ2n) is 10.5. The zero-order valence-electron chi connectivity index (χ0n) is 22.9. The lowest BCUT2D eigenvalue weighted by atomic mass is 9.95. The van der Waals surface area contributed by atoms with Crippen molar-refractivity contribution in [2.45, 2.75) is 0 Å². The summed E-state index contributed by atoms with van der Waals surface area (Å²) in [6.45, 7) is 0. The van der Waals surface area contributed by atoms with E-state index in [0.717, 1.165) is 39.0 Å². The van der Waals surface area contributed by atoms with Crippen molar-refractivity contribution in [2.24, 2.45) is 0 Å². The smallest absolute Gasteiger partial charge is 0.137 e. The molecule has 42 heavy (non-hydrogen) atoms. The van der Waals surface area contributed by atoms with Crippen LogP contribution in [0.25, 0.3) is 55.0 Å². The Balaban J connectivity index is 1.36. The predicted molar refractivity (Wildman–Crippen MR) is 177 cm³/mol. The molecule has 0 radical (unpaired) electrons. The predicted octanol–water partition coefficient (Wildman–Crippen LogP) is 11.5. The van der Waals surface area contributed by atoms with Gasteiger partial charge in [-0.25, -0.2) is 0 Å². The van der Waals surface area contributed by atoms with E-state index in [9.17, 15) is 0 Å². The Kier molecular flexibility index (Phi) is 5.82. The molecule has 0 saturated carbocycles. The van der Waals surface area contributed by atoms with E-state index >= 15 is 0 Å². The molecule has 0 aliphatic carbocycles. The molecule has 0 N–H and O–H groups in total. The Morgan fingerprint density at radius 3 is 1.71 bits per heavy atom. The van der Waals surface area contributed by atoms with Crippen LogP contribution in [0.2, 0.25) is 0 Å². The van der Waals surface area contributed by atoms with Crippen LogP contribution < -0.4 is 4.90 Å². The topological polar surface area (TPSA) is 16.4 Å².